The number of oxime groups is 1. The SMILES string of the molecule is Cn1cc(C2=NOC(C(=O)N=S3(=O)CCCN(C(=O)CC4CC=CCC4)CC3)C2)cn1. The molecule has 0 saturated carbocycles. The highest BCUT2D eigenvalue weighted by atomic mass is 32.2. The number of nitrogens with zero attached hydrogens (tertiary/aromatic N) is 5. The van der Waals surface area contributed by atoms with Crippen molar-refractivity contribution < 1.29 is 18.6 Å². The monoisotopic (exact) mass is 447 g/mol. The van der Waals surface area contributed by atoms with Gasteiger partial charge in [-0.2, -0.15) is 9.46 Å². The van der Waals surface area contributed by atoms with Crippen LogP contribution in [-0.2, 0) is 31.2 Å². The average molecular weight is 448 g/mol. The van der Waals surface area contributed by atoms with Gasteiger partial charge in [-0.25, -0.2) is 4.21 Å². The number of carbonyl (C=O) groups is 2. The van der Waals surface area contributed by atoms with Gasteiger partial charge in [0.05, 0.1) is 21.6 Å². The van der Waals surface area contributed by atoms with Crippen molar-refractivity contribution in [2.75, 3.05) is 24.6 Å². The molecule has 0 spiro atoms. The first-order chi connectivity index (χ1) is 14.9. The second kappa shape index (κ2) is 9.33. The Bertz CT molecular complexity index is 1020. The third kappa shape index (κ3) is 5.41. The van der Waals surface area contributed by atoms with Crippen LogP contribution in [0.1, 0.15) is 44.1 Å². The van der Waals surface area contributed by atoms with E-state index < -0.39 is 21.7 Å². The van der Waals surface area contributed by atoms with Crippen molar-refractivity contribution in [1.29, 1.82) is 0 Å². The molecule has 3 unspecified atom stereocenters. The van der Waals surface area contributed by atoms with Crippen LogP contribution in [0.3, 0.4) is 0 Å². The van der Waals surface area contributed by atoms with Gasteiger partial charge in [0.2, 0.25) is 12.0 Å². The summed E-state index contributed by atoms with van der Waals surface area (Å²) in [5.41, 5.74) is 1.42. The number of carbonyl (C=O) groups excluding carboxylic acids is 2. The summed E-state index contributed by atoms with van der Waals surface area (Å²) in [6.07, 6.45) is 11.3. The smallest absolute Gasteiger partial charge is 0.298 e. The lowest BCUT2D eigenvalue weighted by atomic mass is 9.91. The molecule has 0 aromatic carbocycles. The zero-order valence-electron chi connectivity index (χ0n) is 17.8. The molecule has 1 fully saturated rings. The highest BCUT2D eigenvalue weighted by molar-refractivity contribution is 7.93. The Morgan fingerprint density at radius 3 is 2.90 bits per heavy atom. The van der Waals surface area contributed by atoms with Gasteiger partial charge in [0.1, 0.15) is 0 Å². The van der Waals surface area contributed by atoms with Crippen molar-refractivity contribution in [3.8, 4) is 0 Å². The fraction of sp³-hybridized carbons (Fsp3) is 0.619. The Kier molecular flexibility index (Phi) is 6.54. The van der Waals surface area contributed by atoms with Crippen LogP contribution in [0.4, 0.5) is 0 Å². The molecule has 0 radical (unpaired) electrons. The minimum absolute atomic E-state index is 0.115. The molecule has 2 aliphatic heterocycles. The number of allylic oxidation sites excluding steroid dienone is 2. The van der Waals surface area contributed by atoms with Gasteiger partial charge in [0, 0.05) is 56.2 Å². The van der Waals surface area contributed by atoms with Crippen molar-refractivity contribution in [1.82, 2.24) is 14.7 Å². The number of rotatable bonds is 4. The number of hydrogen-bond acceptors (Lipinski definition) is 6. The van der Waals surface area contributed by atoms with Crippen molar-refractivity contribution in [2.24, 2.45) is 22.5 Å². The van der Waals surface area contributed by atoms with Gasteiger partial charge in [0.25, 0.3) is 5.91 Å². The summed E-state index contributed by atoms with van der Waals surface area (Å²) in [5, 5.41) is 8.07. The Balaban J connectivity index is 1.34. The van der Waals surface area contributed by atoms with Crippen LogP contribution in [0.15, 0.2) is 34.1 Å². The second-order valence-electron chi connectivity index (χ2n) is 8.44. The topological polar surface area (TPSA) is 106 Å². The molecule has 1 saturated heterocycles. The summed E-state index contributed by atoms with van der Waals surface area (Å²) in [4.78, 5) is 32.4. The highest BCUT2D eigenvalue weighted by Gasteiger charge is 2.31. The molecule has 168 valence electrons. The Morgan fingerprint density at radius 1 is 1.29 bits per heavy atom. The number of aromatic nitrogens is 2. The van der Waals surface area contributed by atoms with Gasteiger partial charge < -0.3 is 9.74 Å². The van der Waals surface area contributed by atoms with Crippen molar-refractivity contribution in [2.45, 2.75) is 44.6 Å². The molecule has 9 nitrogen and oxygen atoms in total. The lowest BCUT2D eigenvalue weighted by Gasteiger charge is -2.24. The van der Waals surface area contributed by atoms with E-state index in [1.807, 2.05) is 0 Å². The maximum Gasteiger partial charge on any atom is 0.298 e. The molecule has 4 rings (SSSR count). The Morgan fingerprint density at radius 2 is 2.16 bits per heavy atom. The molecule has 1 aliphatic carbocycles. The average Bonchev–Trinajstić information content (AvgIpc) is 3.36. The predicted octanol–water partition coefficient (Wildman–Crippen LogP) is 1.89. The second-order valence-corrected chi connectivity index (χ2v) is 11.0. The molecule has 1 aromatic heterocycles. The third-order valence-electron chi connectivity index (χ3n) is 6.00. The molecule has 31 heavy (non-hydrogen) atoms. The van der Waals surface area contributed by atoms with Crippen LogP contribution < -0.4 is 0 Å². The van der Waals surface area contributed by atoms with Crippen LogP contribution >= 0.6 is 0 Å². The van der Waals surface area contributed by atoms with Crippen molar-refractivity contribution in [3.63, 3.8) is 0 Å². The highest BCUT2D eigenvalue weighted by Crippen LogP contribution is 2.23. The molecular formula is C21H29N5O4S. The summed E-state index contributed by atoms with van der Waals surface area (Å²) >= 11 is 0. The molecule has 3 atom stereocenters. The van der Waals surface area contributed by atoms with E-state index in [0.29, 0.717) is 43.3 Å². The standard InChI is InChI=1S/C21H29N5O4S/c1-25-15-17(14-22-25)18-13-19(30-23-18)21(28)24-31(29)10-5-8-26(9-11-31)20(27)12-16-6-3-2-4-7-16/h2-3,14-16,19H,4-13H2,1H3. The van der Waals surface area contributed by atoms with E-state index in [1.165, 1.54) is 0 Å². The van der Waals surface area contributed by atoms with Gasteiger partial charge in [0.15, 0.2) is 0 Å². The fourth-order valence-corrected chi connectivity index (χ4v) is 6.10. The first-order valence-corrected chi connectivity index (χ1v) is 12.7. The minimum atomic E-state index is -2.72. The van der Waals surface area contributed by atoms with Gasteiger partial charge in [-0.15, -0.1) is 0 Å². The van der Waals surface area contributed by atoms with Gasteiger partial charge in [-0.05, 0) is 31.6 Å². The third-order valence-corrected chi connectivity index (χ3v) is 8.26. The fourth-order valence-electron chi connectivity index (χ4n) is 4.18. The predicted molar refractivity (Wildman–Crippen MR) is 117 cm³/mol. The molecule has 3 aliphatic rings. The quantitative estimate of drug-likeness (QED) is 0.655. The maximum atomic E-state index is 13.3. The number of amides is 2. The summed E-state index contributed by atoms with van der Waals surface area (Å²) in [7, 11) is -0.918. The minimum Gasteiger partial charge on any atom is -0.382 e. The molecule has 10 heteroatoms. The van der Waals surface area contributed by atoms with Gasteiger partial charge in [-0.1, -0.05) is 17.3 Å². The van der Waals surface area contributed by atoms with E-state index in [9.17, 15) is 13.8 Å². The maximum absolute atomic E-state index is 13.3. The van der Waals surface area contributed by atoms with Crippen LogP contribution in [0.5, 0.6) is 0 Å². The summed E-state index contributed by atoms with van der Waals surface area (Å²) in [5.74, 6) is 0.505. The van der Waals surface area contributed by atoms with Gasteiger partial charge >= 0.3 is 0 Å². The normalized spacial score (nSPS) is 28.5. The summed E-state index contributed by atoms with van der Waals surface area (Å²) in [6, 6.07) is 0. The summed E-state index contributed by atoms with van der Waals surface area (Å²) < 4.78 is 19.0. The molecule has 3 heterocycles. The first-order valence-electron chi connectivity index (χ1n) is 10.8. The summed E-state index contributed by atoms with van der Waals surface area (Å²) in [6.45, 7) is 0.941. The van der Waals surface area contributed by atoms with Crippen molar-refractivity contribution in [3.05, 3.63) is 30.1 Å². The molecule has 0 N–H and O–H groups in total. The zero-order valence-corrected chi connectivity index (χ0v) is 18.6. The van der Waals surface area contributed by atoms with Crippen LogP contribution in [0.2, 0.25) is 0 Å². The van der Waals surface area contributed by atoms with E-state index in [-0.39, 0.29) is 18.1 Å². The molecule has 0 bridgehead atoms. The molecular weight excluding hydrogens is 418 g/mol. The molecule has 2 amide bonds. The number of hydrogen-bond donors (Lipinski definition) is 0. The zero-order chi connectivity index (χ0) is 21.8. The van der Waals surface area contributed by atoms with E-state index >= 15 is 0 Å². The van der Waals surface area contributed by atoms with E-state index in [2.05, 4.69) is 26.8 Å². The van der Waals surface area contributed by atoms with E-state index in [1.54, 1.807) is 29.0 Å². The number of aryl methyl sites for hydroxylation is 1. The van der Waals surface area contributed by atoms with Crippen LogP contribution in [0, 0.1) is 5.92 Å². The van der Waals surface area contributed by atoms with E-state index in [4.69, 9.17) is 4.84 Å². The van der Waals surface area contributed by atoms with Crippen LogP contribution in [0.25, 0.3) is 0 Å². The van der Waals surface area contributed by atoms with Crippen molar-refractivity contribution >= 4 is 27.3 Å². The largest absolute Gasteiger partial charge is 0.382 e. The van der Waals surface area contributed by atoms with Crippen LogP contribution in [-0.4, -0.2) is 67.1 Å². The Hall–Kier alpha value is -2.49. The lowest BCUT2D eigenvalue weighted by molar-refractivity contribution is -0.132. The molecule has 1 aromatic rings. The first kappa shape index (κ1) is 21.7. The van der Waals surface area contributed by atoms with E-state index in [0.717, 1.165) is 24.8 Å². The van der Waals surface area contributed by atoms with Gasteiger partial charge in [-0.3, -0.25) is 14.3 Å². The Labute approximate surface area is 182 Å². The lowest BCUT2D eigenvalue weighted by Crippen LogP contribution is -2.35.